The number of nitrogens with zero attached hydrogens (tertiary/aromatic N) is 1. The Kier molecular flexibility index (Phi) is 14.3. The van der Waals surface area contributed by atoms with E-state index in [-0.39, 0.29) is 6.42 Å². The highest BCUT2D eigenvalue weighted by Gasteiger charge is 1.94. The summed E-state index contributed by atoms with van der Waals surface area (Å²) in [6, 6.07) is 1.53. The predicted octanol–water partition coefficient (Wildman–Crippen LogP) is 1.08. The third-order valence-electron chi connectivity index (χ3n) is 1.18. The van der Waals surface area contributed by atoms with Gasteiger partial charge in [-0.05, 0) is 19.8 Å². The summed E-state index contributed by atoms with van der Waals surface area (Å²) >= 11 is 0. The van der Waals surface area contributed by atoms with Gasteiger partial charge in [-0.25, -0.2) is 0 Å². The molecule has 1 rings (SSSR count). The minimum Gasteiger partial charge on any atom is -0.468 e. The highest BCUT2D eigenvalue weighted by atomic mass is 16.5. The highest BCUT2D eigenvalue weighted by Crippen LogP contribution is 1.98. The minimum absolute atomic E-state index is 0.292. The number of carbonyl (C=O) groups is 2. The molecular formula is C10H17NO4. The molecule has 0 saturated carbocycles. The molecule has 1 aliphatic heterocycles. The lowest BCUT2D eigenvalue weighted by atomic mass is 10.4. The number of carbonyl (C=O) groups excluding carboxylic acids is 2. The third kappa shape index (κ3) is 24.5. The second-order valence-electron chi connectivity index (χ2n) is 2.32. The molecule has 15 heavy (non-hydrogen) atoms. The molecule has 5 nitrogen and oxygen atoms in total. The molecule has 5 heteroatoms. The molecule has 0 aromatic heterocycles. The molecule has 1 aliphatic rings. The molecule has 1 heterocycles. The van der Waals surface area contributed by atoms with Crippen molar-refractivity contribution in [3.05, 3.63) is 0 Å². The van der Waals surface area contributed by atoms with Crippen LogP contribution in [0.15, 0.2) is 0 Å². The van der Waals surface area contributed by atoms with Crippen molar-refractivity contribution in [1.82, 2.24) is 0 Å². The van der Waals surface area contributed by atoms with Crippen molar-refractivity contribution in [1.29, 1.82) is 5.26 Å². The first-order chi connectivity index (χ1) is 8.04. The van der Waals surface area contributed by atoms with Crippen LogP contribution in [-0.4, -0.2) is 32.5 Å². The van der Waals surface area contributed by atoms with E-state index in [0.29, 0.717) is 6.61 Å². The average Bonchev–Trinajstić information content (AvgIpc) is 2.75. The fourth-order valence-corrected chi connectivity index (χ4v) is 0.602. The molecule has 0 atom stereocenters. The second-order valence-corrected chi connectivity index (χ2v) is 2.32. The molecule has 86 valence electrons. The van der Waals surface area contributed by atoms with Crippen molar-refractivity contribution >= 4 is 12.7 Å². The summed E-state index contributed by atoms with van der Waals surface area (Å²) in [5, 5.41) is 7.65. The Morgan fingerprint density at radius 2 is 2.13 bits per heavy atom. The summed E-state index contributed by atoms with van der Waals surface area (Å²) < 4.78 is 21.2. The molecule has 0 radical (unpaired) electrons. The van der Waals surface area contributed by atoms with E-state index < -0.39 is 12.7 Å². The van der Waals surface area contributed by atoms with Gasteiger partial charge in [0.2, 0.25) is 0 Å². The molecule has 0 aliphatic carbocycles. The number of ether oxygens (including phenoxy) is 2. The van der Waals surface area contributed by atoms with Crippen molar-refractivity contribution in [2.24, 2.45) is 0 Å². The first kappa shape index (κ1) is 11.7. The lowest BCUT2D eigenvalue weighted by Gasteiger charge is -1.79. The fourth-order valence-electron chi connectivity index (χ4n) is 0.602. The van der Waals surface area contributed by atoms with Crippen LogP contribution in [0.5, 0.6) is 0 Å². The van der Waals surface area contributed by atoms with Gasteiger partial charge in [0.05, 0.1) is 19.1 Å². The number of hydrogen-bond acceptors (Lipinski definition) is 5. The van der Waals surface area contributed by atoms with Gasteiger partial charge in [0.15, 0.2) is 1.37 Å². The molecule has 0 unspecified atom stereocenters. The third-order valence-corrected chi connectivity index (χ3v) is 1.18. The summed E-state index contributed by atoms with van der Waals surface area (Å²) in [5.41, 5.74) is 0. The normalized spacial score (nSPS) is 13.9. The Balaban J connectivity index is 0. The predicted molar refractivity (Wildman–Crippen MR) is 54.0 cm³/mol. The molecule has 1 fully saturated rings. The van der Waals surface area contributed by atoms with Crippen LogP contribution < -0.4 is 0 Å². The molecular weight excluding hydrogens is 198 g/mol. The molecule has 0 spiro atoms. The summed E-state index contributed by atoms with van der Waals surface area (Å²) in [4.78, 5) is 19.0. The van der Waals surface area contributed by atoms with E-state index in [2.05, 4.69) is 4.74 Å². The second kappa shape index (κ2) is 18.4. The van der Waals surface area contributed by atoms with Crippen LogP contribution in [0.3, 0.4) is 0 Å². The maximum atomic E-state index is 9.49. The molecule has 1 saturated heterocycles. The first-order valence-corrected chi connectivity index (χ1v) is 4.62. The van der Waals surface area contributed by atoms with Crippen LogP contribution in [0, 0.1) is 11.3 Å². The van der Waals surface area contributed by atoms with Gasteiger partial charge in [-0.15, -0.1) is 0 Å². The standard InChI is InChI=1S/C4H8O.C3H3NO.C3H6O2/c1-2-4-5-3-1;4-2-1-3-5;1-2-5-3-4/h1-4H2;3H,1H2;3H,2H2,1H3/i;2*3D. The van der Waals surface area contributed by atoms with Crippen LogP contribution in [0.4, 0.5) is 0 Å². The molecule has 0 bridgehead atoms. The van der Waals surface area contributed by atoms with Crippen LogP contribution in [0.2, 0.25) is 0 Å². The van der Waals surface area contributed by atoms with Crippen molar-refractivity contribution in [2.45, 2.75) is 26.2 Å². The van der Waals surface area contributed by atoms with Crippen molar-refractivity contribution in [2.75, 3.05) is 19.8 Å². The van der Waals surface area contributed by atoms with Gasteiger partial charge in [-0.3, -0.25) is 4.79 Å². The lowest BCUT2D eigenvalue weighted by Crippen LogP contribution is -1.80. The zero-order valence-electron chi connectivity index (χ0n) is 10.8. The average molecular weight is 217 g/mol. The van der Waals surface area contributed by atoms with E-state index in [9.17, 15) is 9.59 Å². The van der Waals surface area contributed by atoms with E-state index in [1.54, 1.807) is 6.92 Å². The minimum atomic E-state index is -0.961. The lowest BCUT2D eigenvalue weighted by molar-refractivity contribution is -0.128. The summed E-state index contributed by atoms with van der Waals surface area (Å²) in [7, 11) is 0. The first-order valence-electron chi connectivity index (χ1n) is 5.62. The molecule has 0 amide bonds. The van der Waals surface area contributed by atoms with Crippen molar-refractivity contribution < 1.29 is 21.8 Å². The maximum absolute atomic E-state index is 9.49. The van der Waals surface area contributed by atoms with E-state index in [1.165, 1.54) is 18.9 Å². The van der Waals surface area contributed by atoms with E-state index in [1.807, 2.05) is 0 Å². The topological polar surface area (TPSA) is 76.4 Å². The van der Waals surface area contributed by atoms with Gasteiger partial charge in [0.25, 0.3) is 6.45 Å². The number of nitriles is 1. The molecule has 0 N–H and O–H groups in total. The monoisotopic (exact) mass is 217 g/mol. The van der Waals surface area contributed by atoms with Crippen LogP contribution >= 0.6 is 0 Å². The van der Waals surface area contributed by atoms with Crippen LogP contribution in [0.1, 0.15) is 28.9 Å². The number of rotatable bonds is 2. The van der Waals surface area contributed by atoms with Crippen LogP contribution in [0.25, 0.3) is 0 Å². The fraction of sp³-hybridized carbons (Fsp3) is 0.700. The smallest absolute Gasteiger partial charge is 0.293 e. The largest absolute Gasteiger partial charge is 0.468 e. The van der Waals surface area contributed by atoms with Gasteiger partial charge in [0, 0.05) is 13.2 Å². The Bertz CT molecular complexity index is 242. The van der Waals surface area contributed by atoms with Gasteiger partial charge in [0.1, 0.15) is 7.63 Å². The maximum Gasteiger partial charge on any atom is 0.293 e. The molecule has 0 aromatic carbocycles. The van der Waals surface area contributed by atoms with Crippen molar-refractivity contribution in [3.63, 3.8) is 0 Å². The highest BCUT2D eigenvalue weighted by molar-refractivity contribution is 5.52. The summed E-state index contributed by atoms with van der Waals surface area (Å²) in [5.74, 6) is 0. The van der Waals surface area contributed by atoms with Gasteiger partial charge < -0.3 is 14.3 Å². The quantitative estimate of drug-likeness (QED) is 0.647. The van der Waals surface area contributed by atoms with E-state index >= 15 is 0 Å². The van der Waals surface area contributed by atoms with Gasteiger partial charge in [-0.1, -0.05) is 0 Å². The van der Waals surface area contributed by atoms with Gasteiger partial charge >= 0.3 is 0 Å². The zero-order valence-corrected chi connectivity index (χ0v) is 8.82. The Morgan fingerprint density at radius 1 is 1.53 bits per heavy atom. The zero-order chi connectivity index (χ0) is 13.5. The Labute approximate surface area is 92.8 Å². The Morgan fingerprint density at radius 3 is 2.20 bits per heavy atom. The van der Waals surface area contributed by atoms with Gasteiger partial charge in [-0.2, -0.15) is 5.26 Å². The van der Waals surface area contributed by atoms with E-state index in [0.717, 1.165) is 13.2 Å². The Hall–Kier alpha value is -1.41. The van der Waals surface area contributed by atoms with Crippen molar-refractivity contribution in [3.8, 4) is 6.07 Å². The SMILES string of the molecule is C1CCOC1.[2H]C(=O)CC#N.[2H]C(=O)OCC. The number of hydrogen-bond donors (Lipinski definition) is 0. The summed E-state index contributed by atoms with van der Waals surface area (Å²) in [6.07, 6.45) is 0.481. The van der Waals surface area contributed by atoms with E-state index in [4.69, 9.17) is 12.7 Å². The summed E-state index contributed by atoms with van der Waals surface area (Å²) in [6.45, 7) is 3.95. The van der Waals surface area contributed by atoms with Crippen LogP contribution in [-0.2, 0) is 19.1 Å². The molecule has 0 aromatic rings. The number of aldehydes is 1.